The maximum Gasteiger partial charge on any atom is 0.338 e. The number of esters is 1. The molecule has 0 amide bonds. The first-order chi connectivity index (χ1) is 9.72. The molecule has 5 heteroatoms. The highest BCUT2D eigenvalue weighted by Crippen LogP contribution is 2.34. The van der Waals surface area contributed by atoms with Crippen LogP contribution < -0.4 is 5.73 Å². The lowest BCUT2D eigenvalue weighted by molar-refractivity contribution is 0.0603. The van der Waals surface area contributed by atoms with Gasteiger partial charge in [-0.3, -0.25) is 0 Å². The van der Waals surface area contributed by atoms with E-state index in [-0.39, 0.29) is 18.4 Å². The van der Waals surface area contributed by atoms with Crippen molar-refractivity contribution in [1.29, 1.82) is 0 Å². The number of halogens is 1. The Morgan fingerprint density at radius 3 is 2.48 bits per heavy atom. The molecule has 3 rings (SSSR count). The maximum atomic E-state index is 11.8. The number of ether oxygens (including phenoxy) is 1. The molecule has 1 heterocycles. The Hall–Kier alpha value is -2.46. The van der Waals surface area contributed by atoms with Gasteiger partial charge in [0.1, 0.15) is 0 Å². The number of H-pyrrole nitrogens is 1. The van der Waals surface area contributed by atoms with Crippen LogP contribution in [0.15, 0.2) is 48.5 Å². The van der Waals surface area contributed by atoms with E-state index in [1.807, 2.05) is 36.4 Å². The fraction of sp³-hybridized carbons (Fsp3) is 0.0625. The van der Waals surface area contributed by atoms with Crippen molar-refractivity contribution in [2.45, 2.75) is 0 Å². The minimum atomic E-state index is -0.388. The average Bonchev–Trinajstić information content (AvgIpc) is 2.85. The summed E-state index contributed by atoms with van der Waals surface area (Å²) in [5.74, 6) is -0.388. The maximum absolute atomic E-state index is 11.8. The minimum absolute atomic E-state index is 0. The van der Waals surface area contributed by atoms with E-state index in [1.54, 1.807) is 12.1 Å². The summed E-state index contributed by atoms with van der Waals surface area (Å²) < 4.78 is 4.81. The number of nitrogens with two attached hydrogens (primary N) is 1. The number of aromatic nitrogens is 1. The molecule has 0 fully saturated rings. The molecule has 2 aromatic carbocycles. The summed E-state index contributed by atoms with van der Waals surface area (Å²) in [6, 6.07) is 15.2. The van der Waals surface area contributed by atoms with Crippen LogP contribution in [0.25, 0.3) is 22.2 Å². The van der Waals surface area contributed by atoms with E-state index in [0.717, 1.165) is 16.8 Å². The first-order valence-electron chi connectivity index (χ1n) is 6.26. The van der Waals surface area contributed by atoms with E-state index < -0.39 is 0 Å². The lowest BCUT2D eigenvalue weighted by atomic mass is 10.1. The zero-order chi connectivity index (χ0) is 14.1. The van der Waals surface area contributed by atoms with Crippen LogP contribution in [0.5, 0.6) is 0 Å². The number of fused-ring (bicyclic) bond motifs is 1. The first-order valence-corrected chi connectivity index (χ1v) is 6.26. The highest BCUT2D eigenvalue weighted by atomic mass is 35.5. The molecule has 0 saturated carbocycles. The summed E-state index contributed by atoms with van der Waals surface area (Å²) in [6.07, 6.45) is 0. The second-order valence-electron chi connectivity index (χ2n) is 4.50. The Bertz CT molecular complexity index is 782. The molecule has 0 atom stereocenters. The van der Waals surface area contributed by atoms with E-state index in [9.17, 15) is 4.79 Å². The lowest BCUT2D eigenvalue weighted by Gasteiger charge is -2.02. The van der Waals surface area contributed by atoms with Crippen molar-refractivity contribution in [3.63, 3.8) is 0 Å². The monoisotopic (exact) mass is 302 g/mol. The largest absolute Gasteiger partial charge is 0.465 e. The van der Waals surface area contributed by atoms with E-state index in [0.29, 0.717) is 16.6 Å². The highest BCUT2D eigenvalue weighted by molar-refractivity contribution is 6.12. The predicted molar refractivity (Wildman–Crippen MR) is 86.7 cm³/mol. The number of carbonyl (C=O) groups is 1. The molecule has 3 aromatic rings. The van der Waals surface area contributed by atoms with Crippen LogP contribution in [0.3, 0.4) is 0 Å². The molecule has 0 unspecified atom stereocenters. The van der Waals surface area contributed by atoms with Crippen molar-refractivity contribution < 1.29 is 9.53 Å². The highest BCUT2D eigenvalue weighted by Gasteiger charge is 2.17. The van der Waals surface area contributed by atoms with Gasteiger partial charge in [0.25, 0.3) is 0 Å². The molecule has 1 aromatic heterocycles. The molecule has 4 nitrogen and oxygen atoms in total. The van der Waals surface area contributed by atoms with Crippen LogP contribution in [0, 0.1) is 0 Å². The van der Waals surface area contributed by atoms with E-state index in [1.165, 1.54) is 7.11 Å². The zero-order valence-electron chi connectivity index (χ0n) is 11.4. The molecule has 0 aliphatic rings. The van der Waals surface area contributed by atoms with Gasteiger partial charge in [-0.15, -0.1) is 12.4 Å². The van der Waals surface area contributed by atoms with Crippen molar-refractivity contribution in [3.8, 4) is 11.3 Å². The van der Waals surface area contributed by atoms with Gasteiger partial charge in [-0.05, 0) is 12.1 Å². The average molecular weight is 303 g/mol. The number of carbonyl (C=O) groups excluding carboxylic acids is 1. The number of nitrogen functional groups attached to an aromatic ring is 1. The summed E-state index contributed by atoms with van der Waals surface area (Å²) in [7, 11) is 1.36. The van der Waals surface area contributed by atoms with Crippen molar-refractivity contribution >= 4 is 35.0 Å². The second kappa shape index (κ2) is 5.89. The van der Waals surface area contributed by atoms with Gasteiger partial charge in [0.05, 0.1) is 24.1 Å². The third kappa shape index (κ3) is 2.45. The van der Waals surface area contributed by atoms with Gasteiger partial charge >= 0.3 is 5.97 Å². The van der Waals surface area contributed by atoms with E-state index in [4.69, 9.17) is 10.5 Å². The number of benzene rings is 2. The molecule has 3 N–H and O–H groups in total. The van der Waals surface area contributed by atoms with Gasteiger partial charge in [0.15, 0.2) is 0 Å². The topological polar surface area (TPSA) is 68.1 Å². The van der Waals surface area contributed by atoms with Crippen LogP contribution in [0.1, 0.15) is 10.4 Å². The summed E-state index contributed by atoms with van der Waals surface area (Å²) in [5.41, 5.74) is 9.88. The zero-order valence-corrected chi connectivity index (χ0v) is 12.2. The molecule has 0 saturated heterocycles. The smallest absolute Gasteiger partial charge is 0.338 e. The molecule has 0 radical (unpaired) electrons. The normalized spacial score (nSPS) is 10.1. The molecule has 0 aliphatic heterocycles. The number of aromatic amines is 1. The van der Waals surface area contributed by atoms with Crippen LogP contribution in [0.4, 0.5) is 5.69 Å². The van der Waals surface area contributed by atoms with Crippen LogP contribution in [0.2, 0.25) is 0 Å². The predicted octanol–water partition coefficient (Wildman–Crippen LogP) is 3.63. The second-order valence-corrected chi connectivity index (χ2v) is 4.50. The Kier molecular flexibility index (Phi) is 4.19. The molecule has 0 aliphatic carbocycles. The molecule has 0 bridgehead atoms. The Labute approximate surface area is 128 Å². The van der Waals surface area contributed by atoms with Crippen molar-refractivity contribution in [2.24, 2.45) is 0 Å². The summed E-state index contributed by atoms with van der Waals surface area (Å²) in [5, 5.41) is 0.707. The van der Waals surface area contributed by atoms with Crippen LogP contribution in [-0.2, 0) is 4.74 Å². The van der Waals surface area contributed by atoms with Gasteiger partial charge < -0.3 is 15.5 Å². The van der Waals surface area contributed by atoms with Gasteiger partial charge in [0.2, 0.25) is 0 Å². The number of hydrogen-bond acceptors (Lipinski definition) is 3. The molecule has 0 spiro atoms. The quantitative estimate of drug-likeness (QED) is 0.710. The first kappa shape index (κ1) is 14.9. The third-order valence-corrected chi connectivity index (χ3v) is 3.33. The Balaban J connectivity index is 0.00000161. The van der Waals surface area contributed by atoms with Crippen LogP contribution in [-0.4, -0.2) is 18.1 Å². The van der Waals surface area contributed by atoms with Crippen molar-refractivity contribution in [1.82, 2.24) is 4.98 Å². The summed E-state index contributed by atoms with van der Waals surface area (Å²) >= 11 is 0. The Morgan fingerprint density at radius 2 is 1.81 bits per heavy atom. The van der Waals surface area contributed by atoms with E-state index in [2.05, 4.69) is 4.98 Å². The van der Waals surface area contributed by atoms with Gasteiger partial charge in [0, 0.05) is 16.5 Å². The molecular formula is C16H15ClN2O2. The SMILES string of the molecule is COC(=O)c1cccc2[nH]c(-c3ccccc3)c(N)c12.Cl. The number of hydrogen-bond donors (Lipinski definition) is 2. The standard InChI is InChI=1S/C16H14N2O2.ClH/c1-20-16(19)11-8-5-9-12-13(11)14(17)15(18-12)10-6-3-2-4-7-10;/h2-9,18H,17H2,1H3;1H. The van der Waals surface area contributed by atoms with Crippen molar-refractivity contribution in [3.05, 3.63) is 54.1 Å². The summed E-state index contributed by atoms with van der Waals surface area (Å²) in [6.45, 7) is 0. The molecule has 21 heavy (non-hydrogen) atoms. The Morgan fingerprint density at radius 1 is 1.10 bits per heavy atom. The third-order valence-electron chi connectivity index (χ3n) is 3.33. The van der Waals surface area contributed by atoms with E-state index >= 15 is 0 Å². The van der Waals surface area contributed by atoms with Gasteiger partial charge in [-0.25, -0.2) is 4.79 Å². The van der Waals surface area contributed by atoms with Gasteiger partial charge in [-0.2, -0.15) is 0 Å². The summed E-state index contributed by atoms with van der Waals surface area (Å²) in [4.78, 5) is 15.1. The number of rotatable bonds is 2. The fourth-order valence-corrected chi connectivity index (χ4v) is 2.39. The molecular weight excluding hydrogens is 288 g/mol. The van der Waals surface area contributed by atoms with Gasteiger partial charge in [-0.1, -0.05) is 36.4 Å². The number of nitrogens with one attached hydrogen (secondary N) is 1. The number of methoxy groups -OCH3 is 1. The van der Waals surface area contributed by atoms with Crippen LogP contribution >= 0.6 is 12.4 Å². The molecule has 108 valence electrons. The number of anilines is 1. The minimum Gasteiger partial charge on any atom is -0.465 e. The van der Waals surface area contributed by atoms with Crippen molar-refractivity contribution in [2.75, 3.05) is 12.8 Å². The lowest BCUT2D eigenvalue weighted by Crippen LogP contribution is -2.02. The fourth-order valence-electron chi connectivity index (χ4n) is 2.39.